The molecule has 3 heterocycles. The van der Waals surface area contributed by atoms with E-state index in [-0.39, 0.29) is 23.4 Å². The van der Waals surface area contributed by atoms with Gasteiger partial charge in [-0.3, -0.25) is 0 Å². The minimum atomic E-state index is -4.67. The Hall–Kier alpha value is -4.02. The van der Waals surface area contributed by atoms with Gasteiger partial charge in [-0.25, -0.2) is 24.1 Å². The summed E-state index contributed by atoms with van der Waals surface area (Å²) in [6, 6.07) is 7.96. The fourth-order valence-electron chi connectivity index (χ4n) is 2.85. The van der Waals surface area contributed by atoms with Crippen molar-refractivity contribution in [3.63, 3.8) is 0 Å². The molecule has 0 bridgehead atoms. The normalized spacial score (nSPS) is 11.5. The summed E-state index contributed by atoms with van der Waals surface area (Å²) in [7, 11) is 0. The lowest BCUT2D eigenvalue weighted by atomic mass is 10.0. The number of urea groups is 1. The summed E-state index contributed by atoms with van der Waals surface area (Å²) in [6.07, 6.45) is -2.09. The van der Waals surface area contributed by atoms with Crippen LogP contribution in [0.3, 0.4) is 0 Å². The van der Waals surface area contributed by atoms with Crippen LogP contribution in [0.5, 0.6) is 0 Å². The highest BCUT2D eigenvalue weighted by molar-refractivity contribution is 5.90. The molecule has 7 nitrogen and oxygen atoms in total. The van der Waals surface area contributed by atoms with Crippen LogP contribution in [0.15, 0.2) is 59.5 Å². The Morgan fingerprint density at radius 1 is 1.10 bits per heavy atom. The molecule has 1 aromatic carbocycles. The highest BCUT2D eigenvalue weighted by Crippen LogP contribution is 2.31. The number of nitrogens with zero attached hydrogens (tertiary/aromatic N) is 3. The second-order valence-corrected chi connectivity index (χ2v) is 6.42. The van der Waals surface area contributed by atoms with E-state index in [9.17, 15) is 22.4 Å². The number of anilines is 1. The molecule has 0 aliphatic carbocycles. The van der Waals surface area contributed by atoms with Gasteiger partial charge in [-0.05, 0) is 29.8 Å². The number of benzene rings is 1. The van der Waals surface area contributed by atoms with Crippen molar-refractivity contribution in [3.8, 4) is 11.3 Å². The molecule has 0 aliphatic rings. The van der Waals surface area contributed by atoms with E-state index in [4.69, 9.17) is 4.42 Å². The summed E-state index contributed by atoms with van der Waals surface area (Å²) < 4.78 is 57.9. The number of nitrogens with one attached hydrogen (secondary N) is 2. The summed E-state index contributed by atoms with van der Waals surface area (Å²) in [5, 5.41) is 5.08. The van der Waals surface area contributed by atoms with Crippen LogP contribution in [0, 0.1) is 5.82 Å². The highest BCUT2D eigenvalue weighted by atomic mass is 19.4. The molecule has 0 aliphatic heterocycles. The number of carbonyl (C=O) groups excluding carboxylic acids is 1. The molecule has 0 saturated heterocycles. The van der Waals surface area contributed by atoms with Gasteiger partial charge in [0.2, 0.25) is 5.71 Å². The predicted molar refractivity (Wildman–Crippen MR) is 102 cm³/mol. The lowest BCUT2D eigenvalue weighted by Gasteiger charge is -2.14. The summed E-state index contributed by atoms with van der Waals surface area (Å²) >= 11 is 0. The fourth-order valence-corrected chi connectivity index (χ4v) is 2.85. The summed E-state index contributed by atoms with van der Waals surface area (Å²) in [5.74, 6) is -0.621. The number of amides is 2. The van der Waals surface area contributed by atoms with Gasteiger partial charge in [-0.1, -0.05) is 18.2 Å². The molecule has 31 heavy (non-hydrogen) atoms. The molecule has 0 unspecified atom stereocenters. The van der Waals surface area contributed by atoms with Crippen molar-refractivity contribution in [1.82, 2.24) is 20.3 Å². The van der Waals surface area contributed by atoms with Crippen LogP contribution in [0.2, 0.25) is 0 Å². The zero-order chi connectivity index (χ0) is 22.0. The predicted octanol–water partition coefficient (Wildman–Crippen LogP) is 4.76. The molecule has 0 fully saturated rings. The third-order valence-electron chi connectivity index (χ3n) is 4.25. The molecule has 0 saturated carbocycles. The smallest absolute Gasteiger partial charge is 0.425 e. The number of oxazole rings is 1. The van der Waals surface area contributed by atoms with Crippen molar-refractivity contribution in [1.29, 1.82) is 0 Å². The maximum Gasteiger partial charge on any atom is 0.433 e. The molecule has 158 valence electrons. The van der Waals surface area contributed by atoms with Gasteiger partial charge < -0.3 is 15.1 Å². The largest absolute Gasteiger partial charge is 0.433 e. The summed E-state index contributed by atoms with van der Waals surface area (Å²) in [4.78, 5) is 23.8. The number of carbonyl (C=O) groups is 1. The molecule has 11 heteroatoms. The zero-order valence-corrected chi connectivity index (χ0v) is 15.6. The molecule has 0 spiro atoms. The Labute approximate surface area is 172 Å². The molecule has 2 N–H and O–H groups in total. The van der Waals surface area contributed by atoms with E-state index in [1.165, 1.54) is 36.9 Å². The number of fused-ring (bicyclic) bond motifs is 1. The first-order valence-electron chi connectivity index (χ1n) is 8.87. The molecular formula is C20H13F4N5O2. The number of aromatic nitrogens is 3. The number of hydrogen-bond donors (Lipinski definition) is 2. The van der Waals surface area contributed by atoms with Crippen LogP contribution in [0.1, 0.15) is 11.3 Å². The van der Waals surface area contributed by atoms with Gasteiger partial charge in [0.05, 0.1) is 17.6 Å². The van der Waals surface area contributed by atoms with Gasteiger partial charge in [-0.15, -0.1) is 0 Å². The number of pyridine rings is 2. The van der Waals surface area contributed by atoms with Crippen LogP contribution in [0.4, 0.5) is 28.0 Å². The van der Waals surface area contributed by atoms with Crippen LogP contribution >= 0.6 is 0 Å². The van der Waals surface area contributed by atoms with Crippen molar-refractivity contribution in [2.24, 2.45) is 0 Å². The van der Waals surface area contributed by atoms with Crippen LogP contribution < -0.4 is 10.6 Å². The average molecular weight is 431 g/mol. The van der Waals surface area contributed by atoms with Gasteiger partial charge >= 0.3 is 12.2 Å². The minimum absolute atomic E-state index is 0.0830. The maximum absolute atomic E-state index is 13.6. The van der Waals surface area contributed by atoms with Crippen LogP contribution in [-0.4, -0.2) is 21.0 Å². The quantitative estimate of drug-likeness (QED) is 0.455. The molecule has 0 atom stereocenters. The van der Waals surface area contributed by atoms with Gasteiger partial charge in [0, 0.05) is 12.1 Å². The van der Waals surface area contributed by atoms with Crippen molar-refractivity contribution in [2.75, 3.05) is 5.32 Å². The molecule has 3 aromatic heterocycles. The van der Waals surface area contributed by atoms with E-state index in [0.29, 0.717) is 16.9 Å². The van der Waals surface area contributed by atoms with Gasteiger partial charge in [-0.2, -0.15) is 13.2 Å². The zero-order valence-electron chi connectivity index (χ0n) is 15.6. The Morgan fingerprint density at radius 2 is 1.94 bits per heavy atom. The molecule has 2 amide bonds. The lowest BCUT2D eigenvalue weighted by molar-refractivity contribution is -0.141. The van der Waals surface area contributed by atoms with Crippen LogP contribution in [-0.2, 0) is 12.7 Å². The van der Waals surface area contributed by atoms with E-state index in [2.05, 4.69) is 25.6 Å². The second-order valence-electron chi connectivity index (χ2n) is 6.42. The van der Waals surface area contributed by atoms with Gasteiger partial charge in [0.25, 0.3) is 0 Å². The average Bonchev–Trinajstić information content (AvgIpc) is 3.19. The van der Waals surface area contributed by atoms with E-state index in [0.717, 1.165) is 12.1 Å². The van der Waals surface area contributed by atoms with Gasteiger partial charge in [0.15, 0.2) is 6.39 Å². The summed E-state index contributed by atoms with van der Waals surface area (Å²) in [5.41, 5.74) is 0.324. The first-order valence-corrected chi connectivity index (χ1v) is 8.87. The molecule has 0 radical (unpaired) electrons. The van der Waals surface area contributed by atoms with Crippen molar-refractivity contribution < 1.29 is 26.8 Å². The van der Waals surface area contributed by atoms with Gasteiger partial charge in [0.1, 0.15) is 17.0 Å². The Balaban J connectivity index is 1.54. The second kappa shape index (κ2) is 8.01. The Kier molecular flexibility index (Phi) is 5.24. The Morgan fingerprint density at radius 3 is 2.71 bits per heavy atom. The van der Waals surface area contributed by atoms with Crippen molar-refractivity contribution in [3.05, 3.63) is 72.1 Å². The third-order valence-corrected chi connectivity index (χ3v) is 4.25. The monoisotopic (exact) mass is 431 g/mol. The van der Waals surface area contributed by atoms with E-state index < -0.39 is 23.7 Å². The molecule has 4 aromatic rings. The van der Waals surface area contributed by atoms with Crippen molar-refractivity contribution in [2.45, 2.75) is 12.7 Å². The number of hydrogen-bond acceptors (Lipinski definition) is 5. The maximum atomic E-state index is 13.6. The minimum Gasteiger partial charge on any atom is -0.425 e. The Bertz CT molecular complexity index is 1260. The van der Waals surface area contributed by atoms with E-state index in [1.54, 1.807) is 6.07 Å². The topological polar surface area (TPSA) is 92.9 Å². The first-order chi connectivity index (χ1) is 14.8. The number of alkyl halides is 3. The SMILES string of the molecule is O=C(NCc1ccc(C(F)(F)F)nc1-c1cccc(F)c1)Nc1cnc2ocnc2c1. The van der Waals surface area contributed by atoms with Crippen molar-refractivity contribution >= 4 is 22.9 Å². The fraction of sp³-hybridized carbons (Fsp3) is 0.100. The molecular weight excluding hydrogens is 418 g/mol. The van der Waals surface area contributed by atoms with E-state index >= 15 is 0 Å². The standard InChI is InChI=1S/C20H13F4N5O2/c21-13-3-1-2-11(6-13)17-12(4-5-16(29-17)20(22,23)24)8-26-19(30)28-14-7-15-18(25-9-14)31-10-27-15/h1-7,9-10H,8H2,(H2,26,28,30). The number of rotatable bonds is 4. The molecule has 4 rings (SSSR count). The third kappa shape index (κ3) is 4.60. The van der Waals surface area contributed by atoms with Crippen LogP contribution in [0.25, 0.3) is 22.5 Å². The first kappa shape index (κ1) is 20.3. The summed E-state index contributed by atoms with van der Waals surface area (Å²) in [6.45, 7) is -0.150. The highest BCUT2D eigenvalue weighted by Gasteiger charge is 2.33. The van der Waals surface area contributed by atoms with E-state index in [1.807, 2.05) is 0 Å². The lowest BCUT2D eigenvalue weighted by Crippen LogP contribution is -2.28. The number of halogens is 4.